The van der Waals surface area contributed by atoms with Crippen molar-refractivity contribution in [1.82, 2.24) is 15.1 Å². The van der Waals surface area contributed by atoms with Crippen LogP contribution < -0.4 is 10.1 Å². The quantitative estimate of drug-likeness (QED) is 0.787. The van der Waals surface area contributed by atoms with Gasteiger partial charge in [-0.15, -0.1) is 0 Å². The van der Waals surface area contributed by atoms with E-state index in [4.69, 9.17) is 4.74 Å². The van der Waals surface area contributed by atoms with Gasteiger partial charge in [-0.2, -0.15) is 0 Å². The van der Waals surface area contributed by atoms with Crippen LogP contribution in [0.15, 0.2) is 24.3 Å². The molecule has 2 heterocycles. The summed E-state index contributed by atoms with van der Waals surface area (Å²) >= 11 is 0. The van der Waals surface area contributed by atoms with Crippen LogP contribution in [-0.2, 0) is 16.0 Å². The van der Waals surface area contributed by atoms with E-state index >= 15 is 0 Å². The second kappa shape index (κ2) is 8.63. The largest absolute Gasteiger partial charge is 0.496 e. The molecule has 0 radical (unpaired) electrons. The number of imide groups is 1. The third-order valence-electron chi connectivity index (χ3n) is 5.58. The summed E-state index contributed by atoms with van der Waals surface area (Å²) in [4.78, 5) is 41.0. The first-order chi connectivity index (χ1) is 13.4. The fourth-order valence-electron chi connectivity index (χ4n) is 3.97. The average molecular weight is 387 g/mol. The van der Waals surface area contributed by atoms with Gasteiger partial charge in [0.2, 0.25) is 5.91 Å². The lowest BCUT2D eigenvalue weighted by Gasteiger charge is -2.27. The summed E-state index contributed by atoms with van der Waals surface area (Å²) in [7, 11) is 1.57. The van der Waals surface area contributed by atoms with Crippen LogP contribution in [0.4, 0.5) is 4.79 Å². The smallest absolute Gasteiger partial charge is 0.325 e. The summed E-state index contributed by atoms with van der Waals surface area (Å²) in [6.45, 7) is 2.88. The van der Waals surface area contributed by atoms with Crippen LogP contribution in [-0.4, -0.2) is 59.9 Å². The van der Waals surface area contributed by atoms with Gasteiger partial charge in [0.1, 0.15) is 17.8 Å². The van der Waals surface area contributed by atoms with E-state index in [1.54, 1.807) is 18.9 Å². The van der Waals surface area contributed by atoms with E-state index in [9.17, 15) is 14.4 Å². The van der Waals surface area contributed by atoms with E-state index in [0.717, 1.165) is 36.1 Å². The van der Waals surface area contributed by atoms with E-state index in [1.165, 1.54) is 6.42 Å². The summed E-state index contributed by atoms with van der Waals surface area (Å²) in [5, 5.41) is 2.77. The van der Waals surface area contributed by atoms with Gasteiger partial charge in [0.15, 0.2) is 0 Å². The lowest BCUT2D eigenvalue weighted by molar-refractivity contribution is -0.139. The third kappa shape index (κ3) is 4.29. The Kier molecular flexibility index (Phi) is 6.21. The van der Waals surface area contributed by atoms with E-state index < -0.39 is 11.6 Å². The molecule has 0 aromatic heterocycles. The first kappa shape index (κ1) is 20.2. The molecule has 1 N–H and O–H groups in total. The van der Waals surface area contributed by atoms with Crippen LogP contribution in [0.5, 0.6) is 5.75 Å². The molecule has 7 nitrogen and oxygen atoms in total. The molecule has 0 saturated carbocycles. The number of nitrogens with zero attached hydrogens (tertiary/aromatic N) is 2. The minimum atomic E-state index is -1.09. The molecule has 0 unspecified atom stereocenters. The van der Waals surface area contributed by atoms with Gasteiger partial charge >= 0.3 is 6.03 Å². The van der Waals surface area contributed by atoms with Crippen molar-refractivity contribution in [2.75, 3.05) is 26.7 Å². The van der Waals surface area contributed by atoms with Crippen LogP contribution in [0, 0.1) is 0 Å². The zero-order valence-corrected chi connectivity index (χ0v) is 16.7. The average Bonchev–Trinajstić information content (AvgIpc) is 2.85. The molecule has 2 saturated heterocycles. The monoisotopic (exact) mass is 387 g/mol. The highest BCUT2D eigenvalue weighted by Gasteiger charge is 2.48. The maximum absolute atomic E-state index is 13.0. The molecule has 1 aromatic carbocycles. The Morgan fingerprint density at radius 3 is 2.43 bits per heavy atom. The summed E-state index contributed by atoms with van der Waals surface area (Å²) in [6.07, 6.45) is 5.68. The van der Waals surface area contributed by atoms with Gasteiger partial charge in [-0.25, -0.2) is 4.79 Å². The molecule has 28 heavy (non-hydrogen) atoms. The number of benzene rings is 1. The number of rotatable bonds is 5. The number of hydrogen-bond acceptors (Lipinski definition) is 4. The van der Waals surface area contributed by atoms with Crippen molar-refractivity contribution in [3.63, 3.8) is 0 Å². The molecule has 0 aliphatic carbocycles. The predicted octanol–water partition coefficient (Wildman–Crippen LogP) is 2.34. The molecule has 152 valence electrons. The molecular weight excluding hydrogens is 358 g/mol. The zero-order chi connectivity index (χ0) is 20.1. The van der Waals surface area contributed by atoms with Gasteiger partial charge in [-0.1, -0.05) is 37.5 Å². The molecule has 4 amide bonds. The van der Waals surface area contributed by atoms with E-state index in [-0.39, 0.29) is 18.4 Å². The Hall–Kier alpha value is -2.57. The van der Waals surface area contributed by atoms with Gasteiger partial charge in [0, 0.05) is 19.5 Å². The van der Waals surface area contributed by atoms with Crippen molar-refractivity contribution in [3.05, 3.63) is 29.8 Å². The van der Waals surface area contributed by atoms with Crippen LogP contribution in [0.1, 0.15) is 44.6 Å². The number of urea groups is 1. The Balaban J connectivity index is 1.69. The minimum Gasteiger partial charge on any atom is -0.496 e. The second-order valence-electron chi connectivity index (χ2n) is 7.79. The number of likely N-dealkylation sites (tertiary alicyclic amines) is 1. The fourth-order valence-corrected chi connectivity index (χ4v) is 3.97. The number of para-hydroxylation sites is 1. The molecule has 3 rings (SSSR count). The Morgan fingerprint density at radius 2 is 1.75 bits per heavy atom. The van der Waals surface area contributed by atoms with Crippen molar-refractivity contribution in [2.24, 2.45) is 0 Å². The predicted molar refractivity (Wildman–Crippen MR) is 105 cm³/mol. The molecule has 0 spiro atoms. The molecular formula is C21H29N3O4. The highest BCUT2D eigenvalue weighted by atomic mass is 16.5. The first-order valence-electron chi connectivity index (χ1n) is 9.98. The van der Waals surface area contributed by atoms with Crippen molar-refractivity contribution in [3.8, 4) is 5.75 Å². The number of methoxy groups -OCH3 is 1. The fraction of sp³-hybridized carbons (Fsp3) is 0.571. The van der Waals surface area contributed by atoms with Crippen LogP contribution in [0.25, 0.3) is 0 Å². The molecule has 0 bridgehead atoms. The van der Waals surface area contributed by atoms with Gasteiger partial charge in [-0.3, -0.25) is 14.5 Å². The van der Waals surface area contributed by atoms with E-state index in [0.29, 0.717) is 25.3 Å². The Labute approximate surface area is 166 Å². The van der Waals surface area contributed by atoms with Gasteiger partial charge < -0.3 is 15.0 Å². The molecule has 2 aliphatic heterocycles. The first-order valence-corrected chi connectivity index (χ1v) is 9.98. The van der Waals surface area contributed by atoms with E-state index in [2.05, 4.69) is 5.32 Å². The number of ether oxygens (including phenoxy) is 1. The number of nitrogens with one attached hydrogen (secondary N) is 1. The van der Waals surface area contributed by atoms with Gasteiger partial charge in [0.05, 0.1) is 7.11 Å². The molecule has 2 fully saturated rings. The van der Waals surface area contributed by atoms with Crippen LogP contribution in [0.3, 0.4) is 0 Å². The zero-order valence-electron chi connectivity index (χ0n) is 16.7. The van der Waals surface area contributed by atoms with Gasteiger partial charge in [0.25, 0.3) is 5.91 Å². The maximum Gasteiger partial charge on any atom is 0.325 e. The van der Waals surface area contributed by atoms with Crippen LogP contribution in [0.2, 0.25) is 0 Å². The van der Waals surface area contributed by atoms with Crippen molar-refractivity contribution >= 4 is 17.8 Å². The molecule has 1 atom stereocenters. The van der Waals surface area contributed by atoms with E-state index in [1.807, 2.05) is 24.3 Å². The summed E-state index contributed by atoms with van der Waals surface area (Å²) in [5.74, 6) is 0.136. The SMILES string of the molecule is COc1ccccc1C[C@]1(C)NC(=O)N(CC(=O)N2CCCCCCC2)C1=O. The summed E-state index contributed by atoms with van der Waals surface area (Å²) < 4.78 is 5.36. The number of hydrogen-bond donors (Lipinski definition) is 1. The van der Waals surface area contributed by atoms with Gasteiger partial charge in [-0.05, 0) is 31.4 Å². The lowest BCUT2D eigenvalue weighted by Crippen LogP contribution is -2.47. The van der Waals surface area contributed by atoms with Crippen LogP contribution >= 0.6 is 0 Å². The second-order valence-corrected chi connectivity index (χ2v) is 7.79. The minimum absolute atomic E-state index is 0.160. The number of carbonyl (C=O) groups is 3. The summed E-state index contributed by atoms with van der Waals surface area (Å²) in [5.41, 5.74) is -0.263. The highest BCUT2D eigenvalue weighted by Crippen LogP contribution is 2.27. The summed E-state index contributed by atoms with van der Waals surface area (Å²) in [6, 6.07) is 6.91. The topological polar surface area (TPSA) is 79.0 Å². The maximum atomic E-state index is 13.0. The Bertz CT molecular complexity index is 743. The molecule has 7 heteroatoms. The van der Waals surface area contributed by atoms with Crippen molar-refractivity contribution in [1.29, 1.82) is 0 Å². The standard InChI is InChI=1S/C21H29N3O4/c1-21(14-16-10-6-7-11-17(16)28-2)19(26)24(20(27)22-21)15-18(25)23-12-8-4-3-5-9-13-23/h6-7,10-11H,3-5,8-9,12-15H2,1-2H3,(H,22,27)/t21-/m0/s1. The van der Waals surface area contributed by atoms with Crippen molar-refractivity contribution < 1.29 is 19.1 Å². The molecule has 2 aliphatic rings. The lowest BCUT2D eigenvalue weighted by atomic mass is 9.92. The highest BCUT2D eigenvalue weighted by molar-refractivity contribution is 6.09. The normalized spacial score (nSPS) is 23.2. The Morgan fingerprint density at radius 1 is 1.11 bits per heavy atom. The molecule has 1 aromatic rings. The third-order valence-corrected chi connectivity index (χ3v) is 5.58. The van der Waals surface area contributed by atoms with Crippen molar-refractivity contribution in [2.45, 2.75) is 51.0 Å². The number of carbonyl (C=O) groups excluding carboxylic acids is 3. The number of amides is 4.